The van der Waals surface area contributed by atoms with Crippen LogP contribution in [-0.2, 0) is 14.8 Å². The summed E-state index contributed by atoms with van der Waals surface area (Å²) in [6, 6.07) is 10.0. The van der Waals surface area contributed by atoms with Crippen LogP contribution in [-0.4, -0.2) is 43.8 Å². The van der Waals surface area contributed by atoms with Crippen LogP contribution >= 0.6 is 0 Å². The van der Waals surface area contributed by atoms with Crippen molar-refractivity contribution in [1.29, 1.82) is 0 Å². The highest BCUT2D eigenvalue weighted by Crippen LogP contribution is 2.29. The van der Waals surface area contributed by atoms with Crippen molar-refractivity contribution in [1.82, 2.24) is 4.31 Å². The van der Waals surface area contributed by atoms with Gasteiger partial charge in [-0.05, 0) is 29.8 Å². The van der Waals surface area contributed by atoms with Gasteiger partial charge in [-0.2, -0.15) is 4.31 Å². The molecule has 0 aliphatic carbocycles. The predicted octanol–water partition coefficient (Wildman–Crippen LogP) is 3.29. The van der Waals surface area contributed by atoms with Crippen LogP contribution in [0, 0.1) is 10.1 Å². The third kappa shape index (κ3) is 5.43. The summed E-state index contributed by atoms with van der Waals surface area (Å²) in [6.07, 6.45) is 2.62. The number of anilines is 1. The third-order valence-electron chi connectivity index (χ3n) is 4.28. The minimum atomic E-state index is -3.71. The van der Waals surface area contributed by atoms with E-state index in [0.717, 1.165) is 0 Å². The van der Waals surface area contributed by atoms with Crippen molar-refractivity contribution in [2.75, 3.05) is 25.5 Å². The van der Waals surface area contributed by atoms with Crippen LogP contribution in [0.4, 0.5) is 11.4 Å². The molecule has 10 heteroatoms. The number of hydrogen-bond donors (Lipinski definition) is 1. The third-order valence-corrected chi connectivity index (χ3v) is 6.33. The first-order valence-corrected chi connectivity index (χ1v) is 10.6. The van der Waals surface area contributed by atoms with Gasteiger partial charge < -0.3 is 10.1 Å². The molecule has 0 saturated carbocycles. The Morgan fingerprint density at radius 1 is 1.20 bits per heavy atom. The fourth-order valence-corrected chi connectivity index (χ4v) is 4.23. The molecule has 160 valence electrons. The van der Waals surface area contributed by atoms with Gasteiger partial charge in [-0.1, -0.05) is 26.0 Å². The number of non-ortho nitro benzene ring substituents is 1. The largest absolute Gasteiger partial charge is 0.495 e. The standard InChI is InChI=1S/C20H23N3O6S/c1-4-22(5-2)30(27,28)17-10-11-19(29-3)18(14-17)21-20(24)12-9-15-7-6-8-16(13-15)23(25)26/h6-14H,4-5H2,1-3H3,(H,21,24)/b12-9+. The molecule has 0 atom stereocenters. The highest BCUT2D eigenvalue weighted by Gasteiger charge is 2.23. The number of nitrogens with one attached hydrogen (secondary N) is 1. The molecule has 2 rings (SSSR count). The summed E-state index contributed by atoms with van der Waals surface area (Å²) in [5.74, 6) is -0.247. The lowest BCUT2D eigenvalue weighted by molar-refractivity contribution is -0.384. The van der Waals surface area contributed by atoms with Gasteiger partial charge in [-0.25, -0.2) is 8.42 Å². The summed E-state index contributed by atoms with van der Waals surface area (Å²) in [5.41, 5.74) is 0.581. The molecule has 1 N–H and O–H groups in total. The van der Waals surface area contributed by atoms with Crippen LogP contribution in [0.25, 0.3) is 6.08 Å². The number of hydrogen-bond acceptors (Lipinski definition) is 6. The number of benzene rings is 2. The van der Waals surface area contributed by atoms with Gasteiger partial charge in [0.15, 0.2) is 0 Å². The van der Waals surface area contributed by atoms with Crippen LogP contribution in [0.5, 0.6) is 5.75 Å². The Kier molecular flexibility index (Phi) is 7.67. The highest BCUT2D eigenvalue weighted by atomic mass is 32.2. The second-order valence-corrected chi connectivity index (χ2v) is 8.06. The number of amides is 1. The van der Waals surface area contributed by atoms with Gasteiger partial charge in [0.2, 0.25) is 15.9 Å². The minimum Gasteiger partial charge on any atom is -0.495 e. The molecule has 9 nitrogen and oxygen atoms in total. The van der Waals surface area contributed by atoms with Crippen LogP contribution < -0.4 is 10.1 Å². The molecule has 0 saturated heterocycles. The van der Waals surface area contributed by atoms with Crippen LogP contribution in [0.15, 0.2) is 53.4 Å². The fourth-order valence-electron chi connectivity index (χ4n) is 2.75. The molecular formula is C20H23N3O6S. The average Bonchev–Trinajstić information content (AvgIpc) is 2.73. The summed E-state index contributed by atoms with van der Waals surface area (Å²) in [4.78, 5) is 22.7. The monoisotopic (exact) mass is 433 g/mol. The van der Waals surface area contributed by atoms with Crippen molar-refractivity contribution in [3.8, 4) is 5.75 Å². The second kappa shape index (κ2) is 9.99. The minimum absolute atomic E-state index is 0.0324. The summed E-state index contributed by atoms with van der Waals surface area (Å²) in [7, 11) is -2.30. The summed E-state index contributed by atoms with van der Waals surface area (Å²) < 4.78 is 32.0. The number of nitro groups is 1. The maximum atomic E-state index is 12.7. The van der Waals surface area contributed by atoms with Crippen molar-refractivity contribution >= 4 is 33.4 Å². The summed E-state index contributed by atoms with van der Waals surface area (Å²) in [6.45, 7) is 4.12. The van der Waals surface area contributed by atoms with E-state index in [1.54, 1.807) is 19.9 Å². The van der Waals surface area contributed by atoms with Gasteiger partial charge in [0, 0.05) is 31.3 Å². The zero-order valence-corrected chi connectivity index (χ0v) is 17.7. The number of nitro benzene ring substituents is 1. The first-order chi connectivity index (χ1) is 14.2. The molecule has 2 aromatic carbocycles. The van der Waals surface area contributed by atoms with Gasteiger partial charge in [0.25, 0.3) is 5.69 Å². The number of carbonyl (C=O) groups is 1. The molecule has 0 fully saturated rings. The van der Waals surface area contributed by atoms with E-state index >= 15 is 0 Å². The van der Waals surface area contributed by atoms with E-state index in [9.17, 15) is 23.3 Å². The molecule has 0 heterocycles. The molecular weight excluding hydrogens is 410 g/mol. The molecule has 0 bridgehead atoms. The van der Waals surface area contributed by atoms with Crippen molar-refractivity contribution in [2.45, 2.75) is 18.7 Å². The van der Waals surface area contributed by atoms with Gasteiger partial charge in [-0.3, -0.25) is 14.9 Å². The van der Waals surface area contributed by atoms with Crippen molar-refractivity contribution in [2.24, 2.45) is 0 Å². The predicted molar refractivity (Wildman–Crippen MR) is 114 cm³/mol. The SMILES string of the molecule is CCN(CC)S(=O)(=O)c1ccc(OC)c(NC(=O)/C=C/c2cccc([N+](=O)[O-])c2)c1. The van der Waals surface area contributed by atoms with Gasteiger partial charge in [-0.15, -0.1) is 0 Å². The molecule has 0 aliphatic heterocycles. The molecule has 30 heavy (non-hydrogen) atoms. The Morgan fingerprint density at radius 3 is 2.50 bits per heavy atom. The quantitative estimate of drug-likeness (QED) is 0.368. The highest BCUT2D eigenvalue weighted by molar-refractivity contribution is 7.89. The van der Waals surface area contributed by atoms with Crippen LogP contribution in [0.1, 0.15) is 19.4 Å². The second-order valence-electron chi connectivity index (χ2n) is 6.13. The van der Waals surface area contributed by atoms with Gasteiger partial charge >= 0.3 is 0 Å². The Labute approximate surface area is 175 Å². The first-order valence-electron chi connectivity index (χ1n) is 9.14. The molecule has 0 aliphatic rings. The Morgan fingerprint density at radius 2 is 1.90 bits per heavy atom. The van der Waals surface area contributed by atoms with E-state index in [1.165, 1.54) is 60.0 Å². The molecule has 0 spiro atoms. The van der Waals surface area contributed by atoms with E-state index in [4.69, 9.17) is 4.74 Å². The number of sulfonamides is 1. The Balaban J connectivity index is 2.27. The van der Waals surface area contributed by atoms with E-state index in [1.807, 2.05) is 0 Å². The number of carbonyl (C=O) groups excluding carboxylic acids is 1. The van der Waals surface area contributed by atoms with E-state index in [2.05, 4.69) is 5.32 Å². The lowest BCUT2D eigenvalue weighted by Crippen LogP contribution is -2.30. The maximum absolute atomic E-state index is 12.7. The van der Waals surface area contributed by atoms with Crippen LogP contribution in [0.3, 0.4) is 0 Å². The van der Waals surface area contributed by atoms with E-state index < -0.39 is 20.9 Å². The van der Waals surface area contributed by atoms with Crippen molar-refractivity contribution in [3.63, 3.8) is 0 Å². The molecule has 0 unspecified atom stereocenters. The van der Waals surface area contributed by atoms with E-state index in [0.29, 0.717) is 24.4 Å². The number of ether oxygens (including phenoxy) is 1. The first kappa shape index (κ1) is 23.0. The summed E-state index contributed by atoms with van der Waals surface area (Å²) >= 11 is 0. The molecule has 0 radical (unpaired) electrons. The fraction of sp³-hybridized carbons (Fsp3) is 0.250. The zero-order chi connectivity index (χ0) is 22.3. The Hall–Kier alpha value is -3.24. The maximum Gasteiger partial charge on any atom is 0.270 e. The smallest absolute Gasteiger partial charge is 0.270 e. The lowest BCUT2D eigenvalue weighted by Gasteiger charge is -2.19. The lowest BCUT2D eigenvalue weighted by atomic mass is 10.2. The average molecular weight is 433 g/mol. The van der Waals surface area contributed by atoms with Crippen LogP contribution in [0.2, 0.25) is 0 Å². The van der Waals surface area contributed by atoms with Gasteiger partial charge in [0.05, 0.1) is 22.6 Å². The van der Waals surface area contributed by atoms with Crippen molar-refractivity contribution < 1.29 is 22.9 Å². The normalized spacial score (nSPS) is 11.6. The summed E-state index contributed by atoms with van der Waals surface area (Å²) in [5, 5.41) is 13.4. The van der Waals surface area contributed by atoms with Gasteiger partial charge in [0.1, 0.15) is 5.75 Å². The molecule has 2 aromatic rings. The topological polar surface area (TPSA) is 119 Å². The Bertz CT molecular complexity index is 1060. The molecule has 1 amide bonds. The number of methoxy groups -OCH3 is 1. The zero-order valence-electron chi connectivity index (χ0n) is 16.9. The molecule has 0 aromatic heterocycles. The van der Waals surface area contributed by atoms with E-state index in [-0.39, 0.29) is 16.3 Å². The number of nitrogens with zero attached hydrogens (tertiary/aromatic N) is 2. The van der Waals surface area contributed by atoms with Crippen molar-refractivity contribution in [3.05, 3.63) is 64.2 Å². The number of rotatable bonds is 9.